The molecule has 24 heavy (non-hydrogen) atoms. The van der Waals surface area contributed by atoms with E-state index >= 15 is 0 Å². The van der Waals surface area contributed by atoms with Crippen molar-refractivity contribution in [1.82, 2.24) is 15.5 Å². The zero-order chi connectivity index (χ0) is 16.8. The van der Waals surface area contributed by atoms with Crippen LogP contribution in [0.25, 0.3) is 0 Å². The molecule has 1 aromatic carbocycles. The molecule has 2 fully saturated rings. The maximum Gasteiger partial charge on any atom is 0.250 e. The van der Waals surface area contributed by atoms with Gasteiger partial charge in [0.1, 0.15) is 6.10 Å². The number of ether oxygens (including phenoxy) is 2. The highest BCUT2D eigenvalue weighted by molar-refractivity contribution is 5.81. The van der Waals surface area contributed by atoms with Gasteiger partial charge in [0.2, 0.25) is 0 Å². The molecule has 0 spiro atoms. The van der Waals surface area contributed by atoms with Gasteiger partial charge in [-0.3, -0.25) is 9.69 Å². The molecule has 2 atom stereocenters. The van der Waals surface area contributed by atoms with Crippen LogP contribution in [-0.4, -0.2) is 69.5 Å². The van der Waals surface area contributed by atoms with E-state index in [1.54, 1.807) is 0 Å². The number of carbonyl (C=O) groups is 1. The minimum atomic E-state index is -0.387. The number of hydrogen-bond acceptors (Lipinski definition) is 5. The predicted molar refractivity (Wildman–Crippen MR) is 91.9 cm³/mol. The van der Waals surface area contributed by atoms with Gasteiger partial charge in [0.25, 0.3) is 5.91 Å². The molecule has 3 rings (SSSR count). The summed E-state index contributed by atoms with van der Waals surface area (Å²) in [6.45, 7) is 7.90. The highest BCUT2D eigenvalue weighted by Gasteiger charge is 2.26. The molecule has 2 unspecified atom stereocenters. The number of carbonyl (C=O) groups excluding carboxylic acids is 1. The molecule has 2 aliphatic heterocycles. The van der Waals surface area contributed by atoms with Gasteiger partial charge in [-0.1, -0.05) is 29.8 Å². The Bertz CT molecular complexity index is 523. The van der Waals surface area contributed by atoms with Crippen molar-refractivity contribution in [3.8, 4) is 0 Å². The number of hydrogen-bond donors (Lipinski definition) is 2. The molecule has 2 heterocycles. The van der Waals surface area contributed by atoms with Crippen LogP contribution < -0.4 is 10.6 Å². The largest absolute Gasteiger partial charge is 0.379 e. The van der Waals surface area contributed by atoms with Gasteiger partial charge in [-0.2, -0.15) is 0 Å². The van der Waals surface area contributed by atoms with Crippen molar-refractivity contribution < 1.29 is 14.3 Å². The molecule has 0 saturated carbocycles. The van der Waals surface area contributed by atoms with Crippen LogP contribution in [0.1, 0.15) is 17.2 Å². The first-order valence-corrected chi connectivity index (χ1v) is 8.72. The molecule has 0 radical (unpaired) electrons. The van der Waals surface area contributed by atoms with Crippen LogP contribution >= 0.6 is 0 Å². The number of nitrogens with zero attached hydrogens (tertiary/aromatic N) is 1. The lowest BCUT2D eigenvalue weighted by Crippen LogP contribution is -2.50. The van der Waals surface area contributed by atoms with E-state index in [9.17, 15) is 4.79 Å². The highest BCUT2D eigenvalue weighted by atomic mass is 16.5. The quantitative estimate of drug-likeness (QED) is 0.820. The van der Waals surface area contributed by atoms with Crippen LogP contribution in [0, 0.1) is 6.92 Å². The monoisotopic (exact) mass is 333 g/mol. The predicted octanol–water partition coefficient (Wildman–Crippen LogP) is 0.473. The Labute approximate surface area is 143 Å². The van der Waals surface area contributed by atoms with E-state index in [0.29, 0.717) is 19.7 Å². The van der Waals surface area contributed by atoms with Crippen molar-refractivity contribution in [2.45, 2.75) is 19.1 Å². The van der Waals surface area contributed by atoms with E-state index in [1.807, 2.05) is 0 Å². The van der Waals surface area contributed by atoms with Crippen molar-refractivity contribution in [1.29, 1.82) is 0 Å². The van der Waals surface area contributed by atoms with Crippen LogP contribution in [0.15, 0.2) is 24.3 Å². The lowest BCUT2D eigenvalue weighted by atomic mass is 10.0. The first-order chi connectivity index (χ1) is 11.7. The summed E-state index contributed by atoms with van der Waals surface area (Å²) < 4.78 is 11.0. The van der Waals surface area contributed by atoms with E-state index < -0.39 is 0 Å². The molecule has 2 aliphatic rings. The van der Waals surface area contributed by atoms with Gasteiger partial charge in [0.05, 0.1) is 25.9 Å². The van der Waals surface area contributed by atoms with E-state index in [0.717, 1.165) is 32.8 Å². The second-order valence-electron chi connectivity index (χ2n) is 6.38. The second kappa shape index (κ2) is 8.58. The zero-order valence-electron chi connectivity index (χ0n) is 14.3. The Morgan fingerprint density at radius 1 is 1.29 bits per heavy atom. The molecule has 6 nitrogen and oxygen atoms in total. The number of nitrogens with one attached hydrogen (secondary N) is 2. The number of rotatable bonds is 5. The van der Waals surface area contributed by atoms with Gasteiger partial charge < -0.3 is 20.1 Å². The van der Waals surface area contributed by atoms with Crippen molar-refractivity contribution in [2.75, 3.05) is 52.5 Å². The number of morpholine rings is 2. The fourth-order valence-corrected chi connectivity index (χ4v) is 3.18. The molecular weight excluding hydrogens is 306 g/mol. The Morgan fingerprint density at radius 2 is 2.04 bits per heavy atom. The summed E-state index contributed by atoms with van der Waals surface area (Å²) in [6, 6.07) is 8.72. The third-order valence-corrected chi connectivity index (χ3v) is 4.64. The summed E-state index contributed by atoms with van der Waals surface area (Å²) >= 11 is 0. The molecule has 2 N–H and O–H groups in total. The van der Waals surface area contributed by atoms with Crippen molar-refractivity contribution in [3.63, 3.8) is 0 Å². The van der Waals surface area contributed by atoms with Gasteiger partial charge in [0, 0.05) is 32.7 Å². The Hall–Kier alpha value is -1.47. The van der Waals surface area contributed by atoms with Crippen LogP contribution in [0.4, 0.5) is 0 Å². The van der Waals surface area contributed by atoms with E-state index in [4.69, 9.17) is 9.47 Å². The molecule has 132 valence electrons. The molecule has 0 bridgehead atoms. The van der Waals surface area contributed by atoms with Gasteiger partial charge in [0.15, 0.2) is 0 Å². The van der Waals surface area contributed by atoms with Crippen LogP contribution in [0.3, 0.4) is 0 Å². The van der Waals surface area contributed by atoms with E-state index in [1.165, 1.54) is 11.1 Å². The fourth-order valence-electron chi connectivity index (χ4n) is 3.18. The van der Waals surface area contributed by atoms with E-state index in [2.05, 4.69) is 46.7 Å². The molecule has 1 aromatic rings. The minimum absolute atomic E-state index is 0.0347. The Morgan fingerprint density at radius 3 is 2.71 bits per heavy atom. The summed E-state index contributed by atoms with van der Waals surface area (Å²) in [5.74, 6) is -0.0347. The minimum Gasteiger partial charge on any atom is -0.379 e. The summed E-state index contributed by atoms with van der Waals surface area (Å²) in [6.07, 6.45) is -0.387. The van der Waals surface area contributed by atoms with Crippen molar-refractivity contribution >= 4 is 5.91 Å². The maximum absolute atomic E-state index is 12.4. The smallest absolute Gasteiger partial charge is 0.250 e. The number of amides is 1. The molecule has 2 saturated heterocycles. The normalized spacial score (nSPS) is 23.6. The summed E-state index contributed by atoms with van der Waals surface area (Å²) in [4.78, 5) is 14.7. The summed E-state index contributed by atoms with van der Waals surface area (Å²) in [7, 11) is 0. The van der Waals surface area contributed by atoms with Crippen molar-refractivity contribution in [2.24, 2.45) is 0 Å². The molecule has 1 amide bonds. The van der Waals surface area contributed by atoms with Crippen LogP contribution in [0.2, 0.25) is 0 Å². The fraction of sp³-hybridized carbons (Fsp3) is 0.611. The van der Waals surface area contributed by atoms with Crippen molar-refractivity contribution in [3.05, 3.63) is 35.4 Å². The first kappa shape index (κ1) is 17.4. The zero-order valence-corrected chi connectivity index (χ0v) is 14.3. The summed E-state index contributed by atoms with van der Waals surface area (Å²) in [5, 5.41) is 6.27. The lowest BCUT2D eigenvalue weighted by molar-refractivity contribution is -0.134. The van der Waals surface area contributed by atoms with Gasteiger partial charge in [-0.25, -0.2) is 0 Å². The average Bonchev–Trinajstić information content (AvgIpc) is 2.65. The molecular formula is C18H27N3O3. The van der Waals surface area contributed by atoms with Gasteiger partial charge in [-0.05, 0) is 12.5 Å². The van der Waals surface area contributed by atoms with Crippen LogP contribution in [0.5, 0.6) is 0 Å². The number of benzene rings is 1. The molecule has 0 aromatic heterocycles. The average molecular weight is 333 g/mol. The van der Waals surface area contributed by atoms with Gasteiger partial charge in [-0.15, -0.1) is 0 Å². The Kier molecular flexibility index (Phi) is 6.20. The van der Waals surface area contributed by atoms with Gasteiger partial charge >= 0.3 is 0 Å². The molecule has 0 aliphatic carbocycles. The third-order valence-electron chi connectivity index (χ3n) is 4.64. The van der Waals surface area contributed by atoms with E-state index in [-0.39, 0.29) is 18.1 Å². The van der Waals surface area contributed by atoms with Crippen LogP contribution in [-0.2, 0) is 14.3 Å². The lowest BCUT2D eigenvalue weighted by Gasteiger charge is -2.35. The SMILES string of the molecule is Cc1ccc(C(CNC(=O)C2CNCCO2)N2CCOCC2)cc1. The highest BCUT2D eigenvalue weighted by Crippen LogP contribution is 2.22. The standard InChI is InChI=1S/C18H27N3O3/c1-14-2-4-15(5-3-14)16(21-7-10-23-11-8-21)12-20-18(22)17-13-19-6-9-24-17/h2-5,16-17,19H,6-13H2,1H3,(H,20,22). The first-order valence-electron chi connectivity index (χ1n) is 8.72. The second-order valence-corrected chi connectivity index (χ2v) is 6.38. The maximum atomic E-state index is 12.4. The Balaban J connectivity index is 1.64. The topological polar surface area (TPSA) is 62.8 Å². The summed E-state index contributed by atoms with van der Waals surface area (Å²) in [5.41, 5.74) is 2.47. The third kappa shape index (κ3) is 4.54. The number of aryl methyl sites for hydroxylation is 1. The molecule has 6 heteroatoms.